The maximum absolute atomic E-state index is 12.6. The maximum Gasteiger partial charge on any atom is 0.250 e. The van der Waals surface area contributed by atoms with E-state index in [0.29, 0.717) is 19.6 Å². The van der Waals surface area contributed by atoms with Gasteiger partial charge in [0.05, 0.1) is 0 Å². The van der Waals surface area contributed by atoms with Crippen LogP contribution in [0.5, 0.6) is 0 Å². The number of halogens is 2. The van der Waals surface area contributed by atoms with E-state index in [1.54, 1.807) is 0 Å². The number of nitrogens with zero attached hydrogens (tertiary/aromatic N) is 1. The average Bonchev–Trinajstić information content (AvgIpc) is 2.03. The largest absolute Gasteiger partial charge is 0.330 e. The van der Waals surface area contributed by atoms with E-state index in [2.05, 4.69) is 4.90 Å². The molecule has 12 heavy (non-hydrogen) atoms. The first-order valence-electron chi connectivity index (χ1n) is 4.44. The molecule has 0 bridgehead atoms. The summed E-state index contributed by atoms with van der Waals surface area (Å²) in [4.78, 5) is 2.06. The van der Waals surface area contributed by atoms with E-state index in [0.717, 1.165) is 13.0 Å². The summed E-state index contributed by atoms with van der Waals surface area (Å²) in [6, 6.07) is 0. The molecule has 0 unspecified atom stereocenters. The zero-order chi connectivity index (χ0) is 9.03. The molecule has 0 amide bonds. The molecule has 0 aromatic rings. The van der Waals surface area contributed by atoms with E-state index in [4.69, 9.17) is 5.73 Å². The Kier molecular flexibility index (Phi) is 3.40. The number of hydrogen-bond donors (Lipinski definition) is 1. The lowest BCUT2D eigenvalue weighted by Gasteiger charge is -2.31. The van der Waals surface area contributed by atoms with Crippen molar-refractivity contribution < 1.29 is 8.78 Å². The normalized spacial score (nSPS) is 24.2. The lowest BCUT2D eigenvalue weighted by Crippen LogP contribution is -2.40. The minimum atomic E-state index is -2.42. The Labute approximate surface area is 71.7 Å². The molecular weight excluding hydrogens is 162 g/mol. The predicted molar refractivity (Wildman–Crippen MR) is 44.3 cm³/mol. The van der Waals surface area contributed by atoms with Gasteiger partial charge in [-0.05, 0) is 19.5 Å². The predicted octanol–water partition coefficient (Wildman–Crippen LogP) is 1.07. The van der Waals surface area contributed by atoms with Gasteiger partial charge < -0.3 is 10.6 Å². The van der Waals surface area contributed by atoms with Gasteiger partial charge in [-0.1, -0.05) is 0 Å². The lowest BCUT2D eigenvalue weighted by atomic mass is 10.1. The van der Waals surface area contributed by atoms with Crippen LogP contribution >= 0.6 is 0 Å². The zero-order valence-electron chi connectivity index (χ0n) is 7.23. The molecule has 2 N–H and O–H groups in total. The summed E-state index contributed by atoms with van der Waals surface area (Å²) in [6.07, 6.45) is 0.931. The molecule has 1 rings (SSSR count). The highest BCUT2D eigenvalue weighted by molar-refractivity contribution is 4.77. The van der Waals surface area contributed by atoms with Crippen molar-refractivity contribution >= 4 is 0 Å². The Hall–Kier alpha value is -0.220. The second kappa shape index (κ2) is 4.14. The Bertz CT molecular complexity index is 129. The van der Waals surface area contributed by atoms with Gasteiger partial charge in [-0.3, -0.25) is 0 Å². The fraction of sp³-hybridized carbons (Fsp3) is 1.00. The minimum Gasteiger partial charge on any atom is -0.330 e. The fourth-order valence-electron chi connectivity index (χ4n) is 1.42. The van der Waals surface area contributed by atoms with E-state index >= 15 is 0 Å². The first kappa shape index (κ1) is 9.86. The van der Waals surface area contributed by atoms with Crippen molar-refractivity contribution in [2.75, 3.05) is 26.2 Å². The minimum absolute atomic E-state index is 0.0115. The highest BCUT2D eigenvalue weighted by Crippen LogP contribution is 2.27. The maximum atomic E-state index is 12.6. The number of hydrogen-bond acceptors (Lipinski definition) is 2. The van der Waals surface area contributed by atoms with Gasteiger partial charge in [0.1, 0.15) is 0 Å². The van der Waals surface area contributed by atoms with Crippen molar-refractivity contribution in [1.29, 1.82) is 0 Å². The summed E-state index contributed by atoms with van der Waals surface area (Å²) in [5.41, 5.74) is 5.32. The van der Waals surface area contributed by atoms with Crippen LogP contribution in [0.1, 0.15) is 19.3 Å². The van der Waals surface area contributed by atoms with Gasteiger partial charge >= 0.3 is 0 Å². The van der Waals surface area contributed by atoms with E-state index in [1.807, 2.05) is 0 Å². The summed E-state index contributed by atoms with van der Waals surface area (Å²) in [5, 5.41) is 0. The summed E-state index contributed by atoms with van der Waals surface area (Å²) in [7, 11) is 0. The van der Waals surface area contributed by atoms with Crippen molar-refractivity contribution in [2.24, 2.45) is 5.73 Å². The smallest absolute Gasteiger partial charge is 0.250 e. The van der Waals surface area contributed by atoms with Crippen LogP contribution in [0.15, 0.2) is 0 Å². The Balaban J connectivity index is 2.18. The highest BCUT2D eigenvalue weighted by Gasteiger charge is 2.33. The topological polar surface area (TPSA) is 29.3 Å². The molecule has 72 valence electrons. The third kappa shape index (κ3) is 3.03. The van der Waals surface area contributed by atoms with Crippen LogP contribution in [0.25, 0.3) is 0 Å². The Morgan fingerprint density at radius 2 is 1.83 bits per heavy atom. The van der Waals surface area contributed by atoms with Crippen LogP contribution in [-0.4, -0.2) is 37.0 Å². The second-order valence-electron chi connectivity index (χ2n) is 3.34. The first-order valence-corrected chi connectivity index (χ1v) is 4.44. The van der Waals surface area contributed by atoms with Crippen LogP contribution in [0.3, 0.4) is 0 Å². The van der Waals surface area contributed by atoms with Crippen LogP contribution < -0.4 is 5.73 Å². The second-order valence-corrected chi connectivity index (χ2v) is 3.34. The van der Waals surface area contributed by atoms with Gasteiger partial charge in [0, 0.05) is 25.9 Å². The van der Waals surface area contributed by atoms with Gasteiger partial charge in [0.15, 0.2) is 0 Å². The van der Waals surface area contributed by atoms with Crippen molar-refractivity contribution in [2.45, 2.75) is 25.2 Å². The molecular formula is C8H16F2N2. The van der Waals surface area contributed by atoms with E-state index in [1.165, 1.54) is 0 Å². The van der Waals surface area contributed by atoms with Gasteiger partial charge in [0.2, 0.25) is 0 Å². The summed E-state index contributed by atoms with van der Waals surface area (Å²) >= 11 is 0. The number of alkyl halides is 2. The molecule has 0 aromatic heterocycles. The SMILES string of the molecule is NCCCN1CCC(F)(F)CC1. The number of nitrogens with two attached hydrogens (primary N) is 1. The summed E-state index contributed by atoms with van der Waals surface area (Å²) in [5.74, 6) is -2.42. The molecule has 4 heteroatoms. The van der Waals surface area contributed by atoms with Crippen molar-refractivity contribution in [3.05, 3.63) is 0 Å². The van der Waals surface area contributed by atoms with Crippen molar-refractivity contribution in [3.63, 3.8) is 0 Å². The summed E-state index contributed by atoms with van der Waals surface area (Å²) < 4.78 is 25.3. The number of piperidine rings is 1. The molecule has 0 spiro atoms. The van der Waals surface area contributed by atoms with Gasteiger partial charge in [-0.2, -0.15) is 0 Å². The van der Waals surface area contributed by atoms with Crippen molar-refractivity contribution in [3.8, 4) is 0 Å². The van der Waals surface area contributed by atoms with Gasteiger partial charge in [-0.25, -0.2) is 8.78 Å². The molecule has 0 atom stereocenters. The van der Waals surface area contributed by atoms with Crippen LogP contribution in [0.4, 0.5) is 8.78 Å². The Morgan fingerprint density at radius 1 is 1.25 bits per heavy atom. The molecule has 0 aromatic carbocycles. The van der Waals surface area contributed by atoms with E-state index < -0.39 is 5.92 Å². The Morgan fingerprint density at radius 3 is 2.33 bits per heavy atom. The van der Waals surface area contributed by atoms with E-state index in [9.17, 15) is 8.78 Å². The van der Waals surface area contributed by atoms with E-state index in [-0.39, 0.29) is 12.8 Å². The monoisotopic (exact) mass is 178 g/mol. The van der Waals surface area contributed by atoms with Crippen LogP contribution in [0, 0.1) is 0 Å². The average molecular weight is 178 g/mol. The van der Waals surface area contributed by atoms with Gasteiger partial charge in [-0.15, -0.1) is 0 Å². The molecule has 1 fully saturated rings. The first-order chi connectivity index (χ1) is 5.64. The molecule has 1 heterocycles. The van der Waals surface area contributed by atoms with Crippen LogP contribution in [-0.2, 0) is 0 Å². The summed E-state index contributed by atoms with van der Waals surface area (Å²) in [6.45, 7) is 2.56. The van der Waals surface area contributed by atoms with Crippen LogP contribution in [0.2, 0.25) is 0 Å². The number of rotatable bonds is 3. The molecule has 0 saturated carbocycles. The third-order valence-electron chi connectivity index (χ3n) is 2.27. The molecule has 1 saturated heterocycles. The standard InChI is InChI=1S/C8H16F2N2/c9-8(10)2-6-12(7-3-8)5-1-4-11/h1-7,11H2. The fourth-order valence-corrected chi connectivity index (χ4v) is 1.42. The molecule has 0 radical (unpaired) electrons. The van der Waals surface area contributed by atoms with Crippen molar-refractivity contribution in [1.82, 2.24) is 4.90 Å². The lowest BCUT2D eigenvalue weighted by molar-refractivity contribution is -0.0550. The number of likely N-dealkylation sites (tertiary alicyclic amines) is 1. The zero-order valence-corrected chi connectivity index (χ0v) is 7.23. The third-order valence-corrected chi connectivity index (χ3v) is 2.27. The molecule has 0 aliphatic carbocycles. The van der Waals surface area contributed by atoms with Gasteiger partial charge in [0.25, 0.3) is 5.92 Å². The highest BCUT2D eigenvalue weighted by atomic mass is 19.3. The molecule has 1 aliphatic rings. The molecule has 1 aliphatic heterocycles. The molecule has 2 nitrogen and oxygen atoms in total. The quantitative estimate of drug-likeness (QED) is 0.700.